The number of para-hydroxylation sites is 1. The number of fused-ring (bicyclic) bond motifs is 1. The van der Waals surface area contributed by atoms with Crippen LogP contribution in [0, 0.1) is 19.3 Å². The molecular formula is C25H32N4O3S. The number of nitrogens with one attached hydrogen (secondary N) is 1. The molecule has 176 valence electrons. The molecule has 0 radical (unpaired) electrons. The van der Waals surface area contributed by atoms with Crippen LogP contribution in [0.3, 0.4) is 0 Å². The average Bonchev–Trinajstić information content (AvgIpc) is 2.73. The summed E-state index contributed by atoms with van der Waals surface area (Å²) in [7, 11) is -3.73. The Labute approximate surface area is 196 Å². The van der Waals surface area contributed by atoms with Gasteiger partial charge in [-0.05, 0) is 43.0 Å². The Morgan fingerprint density at radius 3 is 2.45 bits per heavy atom. The monoisotopic (exact) mass is 468 g/mol. The molecular weight excluding hydrogens is 436 g/mol. The Bertz CT molecular complexity index is 1200. The first kappa shape index (κ1) is 23.3. The van der Waals surface area contributed by atoms with Crippen molar-refractivity contribution in [2.24, 2.45) is 9.81 Å². The van der Waals surface area contributed by atoms with Crippen LogP contribution in [0.15, 0.2) is 51.8 Å². The van der Waals surface area contributed by atoms with Crippen molar-refractivity contribution < 1.29 is 13.2 Å². The summed E-state index contributed by atoms with van der Waals surface area (Å²) < 4.78 is 29.0. The molecule has 1 saturated heterocycles. The molecule has 1 fully saturated rings. The summed E-state index contributed by atoms with van der Waals surface area (Å²) in [5.74, 6) is 0.478. The molecule has 2 aromatic carbocycles. The van der Waals surface area contributed by atoms with Gasteiger partial charge in [0, 0.05) is 44.7 Å². The molecule has 1 amide bonds. The van der Waals surface area contributed by atoms with Crippen molar-refractivity contribution in [3.05, 3.63) is 53.6 Å². The third-order valence-corrected chi connectivity index (χ3v) is 7.65. The minimum absolute atomic E-state index is 0.0972. The van der Waals surface area contributed by atoms with Gasteiger partial charge in [0.15, 0.2) is 0 Å². The van der Waals surface area contributed by atoms with E-state index in [1.54, 1.807) is 24.3 Å². The normalized spacial score (nSPS) is 17.8. The van der Waals surface area contributed by atoms with Crippen molar-refractivity contribution in [3.8, 4) is 0 Å². The van der Waals surface area contributed by atoms with Crippen molar-refractivity contribution in [2.45, 2.75) is 45.4 Å². The summed E-state index contributed by atoms with van der Waals surface area (Å²) in [6, 6.07) is 13.2. The summed E-state index contributed by atoms with van der Waals surface area (Å²) in [6.07, 6.45) is 0.702. The van der Waals surface area contributed by atoms with Crippen LogP contribution in [0.2, 0.25) is 0 Å². The predicted molar refractivity (Wildman–Crippen MR) is 132 cm³/mol. The molecule has 0 bridgehead atoms. The van der Waals surface area contributed by atoms with Gasteiger partial charge in [0.05, 0.1) is 5.69 Å². The highest BCUT2D eigenvalue weighted by Crippen LogP contribution is 2.32. The maximum absolute atomic E-state index is 13.1. The quantitative estimate of drug-likeness (QED) is 0.718. The van der Waals surface area contributed by atoms with Gasteiger partial charge in [-0.2, -0.15) is 8.42 Å². The second-order valence-corrected chi connectivity index (χ2v) is 11.4. The molecule has 2 aliphatic rings. The fraction of sp³-hybridized carbons (Fsp3) is 0.440. The van der Waals surface area contributed by atoms with Crippen LogP contribution in [0.5, 0.6) is 0 Å². The lowest BCUT2D eigenvalue weighted by Crippen LogP contribution is -2.49. The lowest BCUT2D eigenvalue weighted by molar-refractivity contribution is -0.133. The minimum atomic E-state index is -3.73. The number of sulfonamides is 1. The lowest BCUT2D eigenvalue weighted by atomic mass is 9.84. The smallest absolute Gasteiger partial charge is 0.286 e. The van der Waals surface area contributed by atoms with Crippen LogP contribution in [0.4, 0.5) is 11.4 Å². The van der Waals surface area contributed by atoms with E-state index in [0.717, 1.165) is 13.1 Å². The zero-order valence-electron chi connectivity index (χ0n) is 19.8. The first-order valence-corrected chi connectivity index (χ1v) is 12.8. The van der Waals surface area contributed by atoms with Crippen molar-refractivity contribution in [1.29, 1.82) is 0 Å². The number of carbonyl (C=O) groups excluding carboxylic acids is 1. The predicted octanol–water partition coefficient (Wildman–Crippen LogP) is 3.97. The van der Waals surface area contributed by atoms with Gasteiger partial charge in [-0.15, -0.1) is 4.40 Å². The molecule has 7 nitrogen and oxygen atoms in total. The number of benzene rings is 2. The summed E-state index contributed by atoms with van der Waals surface area (Å²) in [4.78, 5) is 17.5. The summed E-state index contributed by atoms with van der Waals surface area (Å²) in [5, 5.41) is 3.13. The molecule has 8 heteroatoms. The highest BCUT2D eigenvalue weighted by atomic mass is 32.2. The van der Waals surface area contributed by atoms with Crippen LogP contribution in [-0.2, 0) is 14.8 Å². The number of nitrogens with zero attached hydrogens (tertiary/aromatic N) is 3. The molecule has 0 aromatic heterocycles. The second-order valence-electron chi connectivity index (χ2n) is 9.81. The summed E-state index contributed by atoms with van der Waals surface area (Å²) in [6.45, 7) is 11.2. The van der Waals surface area contributed by atoms with Gasteiger partial charge in [-0.25, -0.2) is 0 Å². The molecule has 0 unspecified atom stereocenters. The zero-order valence-corrected chi connectivity index (χ0v) is 20.6. The van der Waals surface area contributed by atoms with E-state index in [2.05, 4.69) is 46.7 Å². The third kappa shape index (κ3) is 5.21. The average molecular weight is 469 g/mol. The number of hydrogen-bond donors (Lipinski definition) is 1. The fourth-order valence-electron chi connectivity index (χ4n) is 4.64. The number of aryl methyl sites for hydroxylation is 2. The number of carbonyl (C=O) groups is 1. The number of amidine groups is 1. The lowest BCUT2D eigenvalue weighted by Gasteiger charge is -2.38. The maximum atomic E-state index is 13.1. The molecule has 33 heavy (non-hydrogen) atoms. The van der Waals surface area contributed by atoms with Gasteiger partial charge in [0.2, 0.25) is 5.91 Å². The van der Waals surface area contributed by atoms with Gasteiger partial charge in [-0.3, -0.25) is 4.79 Å². The molecule has 1 N–H and O–H groups in total. The summed E-state index contributed by atoms with van der Waals surface area (Å²) in [5.41, 5.74) is 3.84. The Balaban J connectivity index is 1.36. The van der Waals surface area contributed by atoms with E-state index in [-0.39, 0.29) is 10.8 Å². The van der Waals surface area contributed by atoms with Crippen molar-refractivity contribution >= 4 is 33.1 Å². The van der Waals surface area contributed by atoms with Gasteiger partial charge >= 0.3 is 0 Å². The van der Waals surface area contributed by atoms with Crippen molar-refractivity contribution in [2.75, 3.05) is 36.4 Å². The first-order valence-electron chi connectivity index (χ1n) is 11.3. The third-order valence-electron chi connectivity index (χ3n) is 6.28. The Kier molecular flexibility index (Phi) is 6.22. The fourth-order valence-corrected chi connectivity index (χ4v) is 5.78. The minimum Gasteiger partial charge on any atom is -0.368 e. The largest absolute Gasteiger partial charge is 0.368 e. The van der Waals surface area contributed by atoms with Crippen LogP contribution < -0.4 is 10.2 Å². The molecule has 0 saturated carbocycles. The molecule has 4 rings (SSSR count). The van der Waals surface area contributed by atoms with Gasteiger partial charge in [0.25, 0.3) is 10.0 Å². The highest BCUT2D eigenvalue weighted by molar-refractivity contribution is 7.90. The standard InChI is InChI=1S/C25H32N4O3S/c1-18-9-10-21(19(2)15-18)28-11-13-29(14-12-28)24(30)17-25(3,4)16-23-26-20-7-5-6-8-22(20)33(31,32)27-23/h5-10,15H,11-14,16-17H2,1-4H3,(H,26,27). The molecule has 0 spiro atoms. The van der Waals surface area contributed by atoms with E-state index in [1.807, 2.05) is 18.7 Å². The highest BCUT2D eigenvalue weighted by Gasteiger charge is 2.32. The maximum Gasteiger partial charge on any atom is 0.286 e. The van der Waals surface area contributed by atoms with E-state index < -0.39 is 15.4 Å². The Morgan fingerprint density at radius 1 is 1.06 bits per heavy atom. The Morgan fingerprint density at radius 2 is 1.76 bits per heavy atom. The van der Waals surface area contributed by atoms with Crippen LogP contribution >= 0.6 is 0 Å². The number of hydrogen-bond acceptors (Lipinski definition) is 5. The number of piperazine rings is 1. The van der Waals surface area contributed by atoms with E-state index in [9.17, 15) is 13.2 Å². The first-order chi connectivity index (χ1) is 15.5. The number of rotatable bonds is 5. The molecule has 2 aromatic rings. The zero-order chi connectivity index (χ0) is 23.8. The Hall–Kier alpha value is -2.87. The molecule has 2 heterocycles. The van der Waals surface area contributed by atoms with Crippen LogP contribution in [-0.4, -0.2) is 51.2 Å². The van der Waals surface area contributed by atoms with E-state index >= 15 is 0 Å². The molecule has 2 aliphatic heterocycles. The van der Waals surface area contributed by atoms with Crippen LogP contribution in [0.25, 0.3) is 0 Å². The van der Waals surface area contributed by atoms with E-state index in [1.165, 1.54) is 16.8 Å². The summed E-state index contributed by atoms with van der Waals surface area (Å²) >= 11 is 0. The molecule has 0 atom stereocenters. The van der Waals surface area contributed by atoms with E-state index in [4.69, 9.17) is 0 Å². The SMILES string of the molecule is Cc1ccc(N2CCN(C(=O)CC(C)(C)CC3=NS(=O)(=O)c4ccccc4N3)CC2)c(C)c1. The van der Waals surface area contributed by atoms with Crippen molar-refractivity contribution in [3.63, 3.8) is 0 Å². The number of amides is 1. The number of anilines is 2. The second kappa shape index (κ2) is 8.82. The topological polar surface area (TPSA) is 82.1 Å². The van der Waals surface area contributed by atoms with Gasteiger partial charge in [0.1, 0.15) is 10.7 Å². The van der Waals surface area contributed by atoms with Crippen LogP contribution in [0.1, 0.15) is 37.8 Å². The van der Waals surface area contributed by atoms with Gasteiger partial charge in [-0.1, -0.05) is 43.7 Å². The van der Waals surface area contributed by atoms with E-state index in [0.29, 0.717) is 37.5 Å². The van der Waals surface area contributed by atoms with Crippen molar-refractivity contribution in [1.82, 2.24) is 4.90 Å². The molecule has 0 aliphatic carbocycles. The van der Waals surface area contributed by atoms with Gasteiger partial charge < -0.3 is 15.1 Å².